The van der Waals surface area contributed by atoms with Crippen molar-refractivity contribution in [3.8, 4) is 0 Å². The smallest absolute Gasteiger partial charge is 0.0386 e. The summed E-state index contributed by atoms with van der Waals surface area (Å²) >= 11 is 0. The predicted octanol–water partition coefficient (Wildman–Crippen LogP) is 4.13. The summed E-state index contributed by atoms with van der Waals surface area (Å²) < 4.78 is 0. The summed E-state index contributed by atoms with van der Waals surface area (Å²) in [5.74, 6) is 0.709. The van der Waals surface area contributed by atoms with Crippen molar-refractivity contribution in [3.05, 3.63) is 24.3 Å². The molecule has 2 rings (SSSR count). The Hall–Kier alpha value is -1.18. The average molecular weight is 246 g/mol. The van der Waals surface area contributed by atoms with Crippen molar-refractivity contribution in [2.24, 2.45) is 5.92 Å². The fourth-order valence-electron chi connectivity index (χ4n) is 2.53. The van der Waals surface area contributed by atoms with Gasteiger partial charge in [0.1, 0.15) is 0 Å². The van der Waals surface area contributed by atoms with E-state index in [1.807, 2.05) is 0 Å². The van der Waals surface area contributed by atoms with E-state index < -0.39 is 0 Å². The lowest BCUT2D eigenvalue weighted by atomic mass is 10.0. The molecule has 2 atom stereocenters. The summed E-state index contributed by atoms with van der Waals surface area (Å²) in [5.41, 5.74) is 2.63. The Balaban J connectivity index is 2.02. The summed E-state index contributed by atoms with van der Waals surface area (Å²) in [6.45, 7) is 9.26. The summed E-state index contributed by atoms with van der Waals surface area (Å²) in [6.07, 6.45) is 3.89. The molecule has 18 heavy (non-hydrogen) atoms. The molecule has 1 aliphatic heterocycles. The topological polar surface area (TPSA) is 15.3 Å². The van der Waals surface area contributed by atoms with Gasteiger partial charge in [0.25, 0.3) is 0 Å². The lowest BCUT2D eigenvalue weighted by Crippen LogP contribution is -2.23. The Labute approximate surface area is 111 Å². The molecule has 2 unspecified atom stereocenters. The molecule has 1 N–H and O–H groups in total. The highest BCUT2D eigenvalue weighted by Crippen LogP contribution is 2.24. The van der Waals surface area contributed by atoms with Crippen LogP contribution < -0.4 is 10.2 Å². The Morgan fingerprint density at radius 3 is 2.61 bits per heavy atom. The van der Waals surface area contributed by atoms with Gasteiger partial charge in [0.2, 0.25) is 0 Å². The zero-order chi connectivity index (χ0) is 13.0. The van der Waals surface area contributed by atoms with Crippen LogP contribution in [0, 0.1) is 5.92 Å². The van der Waals surface area contributed by atoms with Crippen molar-refractivity contribution in [2.45, 2.75) is 46.1 Å². The van der Waals surface area contributed by atoms with E-state index in [1.165, 1.54) is 43.7 Å². The van der Waals surface area contributed by atoms with Gasteiger partial charge in [-0.2, -0.15) is 0 Å². The number of hydrogen-bond acceptors (Lipinski definition) is 2. The van der Waals surface area contributed by atoms with Gasteiger partial charge in [-0.25, -0.2) is 0 Å². The Bertz CT molecular complexity index is 369. The van der Waals surface area contributed by atoms with Gasteiger partial charge >= 0.3 is 0 Å². The van der Waals surface area contributed by atoms with Gasteiger partial charge in [-0.3, -0.25) is 0 Å². The van der Waals surface area contributed by atoms with Gasteiger partial charge in [-0.05, 0) is 43.9 Å². The van der Waals surface area contributed by atoms with E-state index in [0.717, 1.165) is 0 Å². The number of nitrogens with one attached hydrogen (secondary N) is 1. The first-order chi connectivity index (χ1) is 8.70. The highest BCUT2D eigenvalue weighted by atomic mass is 15.1. The van der Waals surface area contributed by atoms with Crippen LogP contribution in [0.2, 0.25) is 0 Å². The van der Waals surface area contributed by atoms with Gasteiger partial charge in [0, 0.05) is 30.5 Å². The van der Waals surface area contributed by atoms with Gasteiger partial charge < -0.3 is 10.2 Å². The third kappa shape index (κ3) is 3.18. The largest absolute Gasteiger partial charge is 0.382 e. The van der Waals surface area contributed by atoms with Crippen LogP contribution in [-0.2, 0) is 0 Å². The van der Waals surface area contributed by atoms with E-state index in [2.05, 4.69) is 55.3 Å². The van der Waals surface area contributed by atoms with Crippen LogP contribution in [0.4, 0.5) is 11.4 Å². The summed E-state index contributed by atoms with van der Waals surface area (Å²) in [6, 6.07) is 9.40. The maximum absolute atomic E-state index is 3.63. The van der Waals surface area contributed by atoms with E-state index >= 15 is 0 Å². The minimum Gasteiger partial charge on any atom is -0.382 e. The molecule has 0 amide bonds. The molecule has 1 fully saturated rings. The minimum absolute atomic E-state index is 0.531. The molecule has 0 aliphatic carbocycles. The van der Waals surface area contributed by atoms with Crippen molar-refractivity contribution in [2.75, 3.05) is 23.3 Å². The molecule has 0 aromatic heterocycles. The first-order valence-electron chi connectivity index (χ1n) is 7.32. The van der Waals surface area contributed by atoms with Gasteiger partial charge in [-0.15, -0.1) is 0 Å². The quantitative estimate of drug-likeness (QED) is 0.840. The second kappa shape index (κ2) is 6.12. The summed E-state index contributed by atoms with van der Waals surface area (Å²) in [4.78, 5) is 2.49. The monoisotopic (exact) mass is 246 g/mol. The molecule has 2 heteroatoms. The number of anilines is 2. The lowest BCUT2D eigenvalue weighted by molar-refractivity contribution is 0.494. The zero-order valence-corrected chi connectivity index (χ0v) is 11.9. The normalized spacial score (nSPS) is 18.7. The molecule has 0 spiro atoms. The predicted molar refractivity (Wildman–Crippen MR) is 80.4 cm³/mol. The third-order valence-corrected chi connectivity index (χ3v) is 4.21. The highest BCUT2D eigenvalue weighted by Gasteiger charge is 2.13. The van der Waals surface area contributed by atoms with Crippen LogP contribution in [0.15, 0.2) is 24.3 Å². The zero-order valence-electron chi connectivity index (χ0n) is 11.9. The first-order valence-corrected chi connectivity index (χ1v) is 7.32. The fourth-order valence-corrected chi connectivity index (χ4v) is 2.53. The van der Waals surface area contributed by atoms with Crippen LogP contribution in [0.25, 0.3) is 0 Å². The third-order valence-electron chi connectivity index (χ3n) is 4.21. The van der Waals surface area contributed by atoms with E-state index in [9.17, 15) is 0 Å². The fraction of sp³-hybridized carbons (Fsp3) is 0.625. The number of nitrogens with zero attached hydrogens (tertiary/aromatic N) is 1. The van der Waals surface area contributed by atoms with Crippen molar-refractivity contribution >= 4 is 11.4 Å². The molecule has 2 nitrogen and oxygen atoms in total. The molecule has 0 radical (unpaired) electrons. The van der Waals surface area contributed by atoms with E-state index in [-0.39, 0.29) is 0 Å². The number of hydrogen-bond donors (Lipinski definition) is 1. The summed E-state index contributed by atoms with van der Waals surface area (Å²) in [7, 11) is 0. The molecule has 1 aromatic rings. The molecule has 100 valence electrons. The Kier molecular flexibility index (Phi) is 4.51. The summed E-state index contributed by atoms with van der Waals surface area (Å²) in [5, 5.41) is 3.63. The Morgan fingerprint density at radius 1 is 1.22 bits per heavy atom. The molecule has 0 bridgehead atoms. The lowest BCUT2D eigenvalue weighted by Gasteiger charge is -2.23. The molecule has 1 heterocycles. The van der Waals surface area contributed by atoms with Gasteiger partial charge in [-0.1, -0.05) is 26.3 Å². The Morgan fingerprint density at radius 2 is 1.94 bits per heavy atom. The maximum Gasteiger partial charge on any atom is 0.0386 e. The standard InChI is InChI=1S/C16H26N2/c1-4-13(2)14(3)17-15-8-7-9-16(12-15)18-10-5-6-11-18/h7-9,12-14,17H,4-6,10-11H2,1-3H3. The maximum atomic E-state index is 3.63. The molecule has 0 saturated carbocycles. The molecule has 1 aromatic carbocycles. The van der Waals surface area contributed by atoms with E-state index in [0.29, 0.717) is 12.0 Å². The number of rotatable bonds is 5. The van der Waals surface area contributed by atoms with Crippen LogP contribution in [0.5, 0.6) is 0 Å². The first kappa shape index (κ1) is 13.3. The van der Waals surface area contributed by atoms with Crippen LogP contribution in [-0.4, -0.2) is 19.1 Å². The molecule has 1 aliphatic rings. The highest BCUT2D eigenvalue weighted by molar-refractivity contribution is 5.58. The second-order valence-corrected chi connectivity index (χ2v) is 5.56. The van der Waals surface area contributed by atoms with E-state index in [4.69, 9.17) is 0 Å². The van der Waals surface area contributed by atoms with E-state index in [1.54, 1.807) is 0 Å². The molecular weight excluding hydrogens is 220 g/mol. The van der Waals surface area contributed by atoms with Crippen molar-refractivity contribution in [3.63, 3.8) is 0 Å². The van der Waals surface area contributed by atoms with Crippen LogP contribution >= 0.6 is 0 Å². The van der Waals surface area contributed by atoms with Crippen LogP contribution in [0.3, 0.4) is 0 Å². The van der Waals surface area contributed by atoms with Crippen molar-refractivity contribution in [1.82, 2.24) is 0 Å². The molecule has 1 saturated heterocycles. The van der Waals surface area contributed by atoms with Crippen molar-refractivity contribution in [1.29, 1.82) is 0 Å². The van der Waals surface area contributed by atoms with Gasteiger partial charge in [0.05, 0.1) is 0 Å². The van der Waals surface area contributed by atoms with Crippen LogP contribution in [0.1, 0.15) is 40.0 Å². The average Bonchev–Trinajstić information content (AvgIpc) is 2.92. The van der Waals surface area contributed by atoms with Gasteiger partial charge in [0.15, 0.2) is 0 Å². The SMILES string of the molecule is CCC(C)C(C)Nc1cccc(N2CCCC2)c1. The number of benzene rings is 1. The minimum atomic E-state index is 0.531. The molecular formula is C16H26N2. The second-order valence-electron chi connectivity index (χ2n) is 5.56. The van der Waals surface area contributed by atoms with Crippen molar-refractivity contribution < 1.29 is 0 Å².